The molecule has 3 aliphatic carbocycles. The molecular weight excluding hydrogens is 656 g/mol. The van der Waals surface area contributed by atoms with Gasteiger partial charge in [0, 0.05) is 81.9 Å². The molecule has 1 unspecified atom stereocenters. The fourth-order valence-electron chi connectivity index (χ4n) is 9.18. The first-order chi connectivity index (χ1) is 25.3. The fraction of sp³-hybridized carbons (Fsp3) is 0.186. The molecule has 1 heterocycles. The first-order valence-electron chi connectivity index (χ1n) is 17.0. The van der Waals surface area contributed by atoms with E-state index in [1.807, 2.05) is 72.8 Å². The Morgan fingerprint density at radius 3 is 1.94 bits per heavy atom. The molecule has 3 atom stereocenters. The van der Waals surface area contributed by atoms with Crippen LogP contribution in [0.3, 0.4) is 0 Å². The van der Waals surface area contributed by atoms with Crippen LogP contribution in [0, 0.1) is 0 Å². The second-order valence-electron chi connectivity index (χ2n) is 13.5. The van der Waals surface area contributed by atoms with E-state index in [0.717, 1.165) is 11.1 Å². The first kappa shape index (κ1) is 31.6. The Balaban J connectivity index is 1.44. The Labute approximate surface area is 300 Å². The Hall–Kier alpha value is -6.35. The molecule has 0 fully saturated rings. The van der Waals surface area contributed by atoms with Crippen LogP contribution in [0.15, 0.2) is 109 Å². The van der Waals surface area contributed by atoms with E-state index in [9.17, 15) is 4.79 Å². The highest BCUT2D eigenvalue weighted by Gasteiger charge is 2.71. The summed E-state index contributed by atoms with van der Waals surface area (Å²) >= 11 is 0. The Kier molecular flexibility index (Phi) is 6.89. The van der Waals surface area contributed by atoms with E-state index < -0.39 is 16.9 Å². The van der Waals surface area contributed by atoms with Crippen molar-refractivity contribution >= 4 is 34.3 Å². The van der Waals surface area contributed by atoms with E-state index in [-0.39, 0.29) is 23.0 Å². The zero-order chi connectivity index (χ0) is 35.9. The van der Waals surface area contributed by atoms with Crippen LogP contribution < -0.4 is 29.6 Å². The number of hydrogen-bond donors (Lipinski definition) is 2. The molecule has 4 aliphatic rings. The van der Waals surface area contributed by atoms with Crippen molar-refractivity contribution in [1.29, 1.82) is 0 Å². The molecule has 1 aliphatic heterocycles. The fourth-order valence-corrected chi connectivity index (χ4v) is 9.18. The average Bonchev–Trinajstić information content (AvgIpc) is 3.73. The number of ether oxygens (including phenoxy) is 4. The van der Waals surface area contributed by atoms with E-state index in [1.54, 1.807) is 58.8 Å². The minimum absolute atomic E-state index is 0.125. The van der Waals surface area contributed by atoms with Gasteiger partial charge in [0.1, 0.15) is 34.0 Å². The number of carbonyl (C=O) groups is 3. The van der Waals surface area contributed by atoms with E-state index in [4.69, 9.17) is 18.9 Å². The van der Waals surface area contributed by atoms with Gasteiger partial charge in [-0.15, -0.1) is 0 Å². The summed E-state index contributed by atoms with van der Waals surface area (Å²) in [6.45, 7) is 0. The Morgan fingerprint density at radius 2 is 1.27 bits per heavy atom. The summed E-state index contributed by atoms with van der Waals surface area (Å²) in [4.78, 5) is 45.9. The Bertz CT molecular complexity index is 2410. The number of Topliss-reactive ketones (excluding diaryl/α,β-unsaturated/α-hetero) is 3. The van der Waals surface area contributed by atoms with Crippen LogP contribution in [-0.4, -0.2) is 51.3 Å². The van der Waals surface area contributed by atoms with Gasteiger partial charge in [-0.05, 0) is 16.7 Å². The molecule has 9 rings (SSSR count). The van der Waals surface area contributed by atoms with Crippen molar-refractivity contribution in [3.05, 3.63) is 148 Å². The maximum absolute atomic E-state index is 15.9. The van der Waals surface area contributed by atoms with Crippen molar-refractivity contribution in [3.63, 3.8) is 0 Å². The average molecular weight is 691 g/mol. The third-order valence-corrected chi connectivity index (χ3v) is 11.2. The third-order valence-electron chi connectivity index (χ3n) is 11.2. The molecular formula is C43H34N2O7. The molecule has 0 saturated heterocycles. The van der Waals surface area contributed by atoms with E-state index >= 15 is 9.59 Å². The van der Waals surface area contributed by atoms with E-state index in [0.29, 0.717) is 74.2 Å². The quantitative estimate of drug-likeness (QED) is 0.182. The van der Waals surface area contributed by atoms with Gasteiger partial charge in [-0.1, -0.05) is 72.8 Å². The molecule has 0 bridgehead atoms. The van der Waals surface area contributed by atoms with E-state index in [2.05, 4.69) is 10.6 Å². The van der Waals surface area contributed by atoms with Crippen molar-refractivity contribution in [2.45, 2.75) is 23.3 Å². The van der Waals surface area contributed by atoms with Crippen molar-refractivity contribution in [3.8, 4) is 23.0 Å². The third kappa shape index (κ3) is 4.01. The van der Waals surface area contributed by atoms with Gasteiger partial charge < -0.3 is 29.6 Å². The van der Waals surface area contributed by atoms with Crippen molar-refractivity contribution in [1.82, 2.24) is 0 Å². The van der Waals surface area contributed by atoms with Crippen molar-refractivity contribution in [2.24, 2.45) is 0 Å². The summed E-state index contributed by atoms with van der Waals surface area (Å²) < 4.78 is 23.0. The SMILES string of the molecule is COc1cc(NC2=C([C@]34C(=O)c5ccccc5[C@H]3C3(Cc5ccccc5C3=O)Nc3cc(OC)cc(OC)c34)c3ccccc3C2=O)cc(OC)c1. The van der Waals surface area contributed by atoms with Crippen LogP contribution in [0.25, 0.3) is 5.57 Å². The van der Waals surface area contributed by atoms with Crippen LogP contribution in [0.4, 0.5) is 11.4 Å². The number of anilines is 2. The van der Waals surface area contributed by atoms with Gasteiger partial charge in [0.25, 0.3) is 0 Å². The molecule has 2 N–H and O–H groups in total. The zero-order valence-corrected chi connectivity index (χ0v) is 29.0. The maximum Gasteiger partial charge on any atom is 0.210 e. The number of allylic oxidation sites excluding steroid dienone is 2. The molecule has 5 aromatic rings. The molecule has 1 spiro atoms. The summed E-state index contributed by atoms with van der Waals surface area (Å²) in [6, 6.07) is 31.2. The second kappa shape index (κ2) is 11.3. The first-order valence-corrected chi connectivity index (χ1v) is 17.0. The van der Waals surface area contributed by atoms with Gasteiger partial charge in [0.2, 0.25) is 5.78 Å². The highest BCUT2D eigenvalue weighted by atomic mass is 16.5. The largest absolute Gasteiger partial charge is 0.497 e. The van der Waals surface area contributed by atoms with Crippen LogP contribution in [0.2, 0.25) is 0 Å². The van der Waals surface area contributed by atoms with Gasteiger partial charge >= 0.3 is 0 Å². The number of methoxy groups -OCH3 is 4. The summed E-state index contributed by atoms with van der Waals surface area (Å²) in [7, 11) is 6.22. The van der Waals surface area contributed by atoms with Gasteiger partial charge in [0.15, 0.2) is 11.6 Å². The normalized spacial score (nSPS) is 21.9. The summed E-state index contributed by atoms with van der Waals surface area (Å²) in [5.41, 5.74) is 3.00. The molecule has 9 heteroatoms. The molecule has 0 radical (unpaired) electrons. The molecule has 0 amide bonds. The standard InChI is InChI=1S/C43H34N2O7/c1-49-25-17-24(18-26(19-25)50-2)44-37-35(29-13-7-8-14-30(29)38(37)46)43-36-33(20-27(51-3)21-34(36)52-4)45-42(22-23-11-5-6-12-28(23)40(42)47)39(43)31-15-9-10-16-32(31)41(43)48/h5-21,39,45H,22H2,1-4H3,(H,44,46)/t39-,42?,43+/m0/s1. The van der Waals surface area contributed by atoms with Gasteiger partial charge in [-0.25, -0.2) is 0 Å². The van der Waals surface area contributed by atoms with Crippen LogP contribution in [0.5, 0.6) is 23.0 Å². The van der Waals surface area contributed by atoms with Crippen molar-refractivity contribution < 1.29 is 33.3 Å². The lowest BCUT2D eigenvalue weighted by Crippen LogP contribution is -2.60. The van der Waals surface area contributed by atoms with Crippen LogP contribution in [0.1, 0.15) is 59.2 Å². The smallest absolute Gasteiger partial charge is 0.210 e. The predicted molar refractivity (Wildman–Crippen MR) is 196 cm³/mol. The zero-order valence-electron chi connectivity index (χ0n) is 29.0. The topological polar surface area (TPSA) is 112 Å². The number of hydrogen-bond acceptors (Lipinski definition) is 9. The van der Waals surface area contributed by atoms with Crippen molar-refractivity contribution in [2.75, 3.05) is 39.1 Å². The van der Waals surface area contributed by atoms with Crippen LogP contribution >= 0.6 is 0 Å². The molecule has 9 nitrogen and oxygen atoms in total. The molecule has 0 aromatic heterocycles. The van der Waals surface area contributed by atoms with Gasteiger partial charge in [-0.2, -0.15) is 0 Å². The lowest BCUT2D eigenvalue weighted by Gasteiger charge is -2.51. The predicted octanol–water partition coefficient (Wildman–Crippen LogP) is 7.26. The molecule has 0 saturated carbocycles. The molecule has 5 aromatic carbocycles. The minimum Gasteiger partial charge on any atom is -0.497 e. The summed E-state index contributed by atoms with van der Waals surface area (Å²) in [6.07, 6.45) is 0.313. The van der Waals surface area contributed by atoms with Crippen LogP contribution in [-0.2, 0) is 11.8 Å². The number of carbonyl (C=O) groups excluding carboxylic acids is 3. The van der Waals surface area contributed by atoms with Gasteiger partial charge in [-0.3, -0.25) is 14.4 Å². The second-order valence-corrected chi connectivity index (χ2v) is 13.5. The Morgan fingerprint density at radius 1 is 0.654 bits per heavy atom. The monoisotopic (exact) mass is 690 g/mol. The number of fused-ring (bicyclic) bond motifs is 8. The summed E-state index contributed by atoms with van der Waals surface area (Å²) in [5, 5.41) is 7.14. The highest BCUT2D eigenvalue weighted by Crippen LogP contribution is 2.69. The lowest BCUT2D eigenvalue weighted by atomic mass is 9.54. The number of rotatable bonds is 7. The van der Waals surface area contributed by atoms with Gasteiger partial charge in [0.05, 0.1) is 34.1 Å². The molecule has 258 valence electrons. The molecule has 52 heavy (non-hydrogen) atoms. The number of nitrogens with one attached hydrogen (secondary N) is 2. The number of benzene rings is 5. The van der Waals surface area contributed by atoms with E-state index in [1.165, 1.54) is 0 Å². The lowest BCUT2D eigenvalue weighted by molar-refractivity contribution is 0.0829. The highest BCUT2D eigenvalue weighted by molar-refractivity contribution is 6.31. The minimum atomic E-state index is -1.63. The summed E-state index contributed by atoms with van der Waals surface area (Å²) in [5.74, 6) is 0.456. The maximum atomic E-state index is 15.9. The number of ketones is 3.